The number of aryl methyl sites for hydroxylation is 1. The van der Waals surface area contributed by atoms with Crippen LogP contribution in [0.15, 0.2) is 28.8 Å². The van der Waals surface area contributed by atoms with E-state index in [-0.39, 0.29) is 12.3 Å². The fourth-order valence-electron chi connectivity index (χ4n) is 2.44. The van der Waals surface area contributed by atoms with E-state index in [2.05, 4.69) is 47.5 Å². The van der Waals surface area contributed by atoms with Crippen molar-refractivity contribution in [2.75, 3.05) is 0 Å². The predicted octanol–water partition coefficient (Wildman–Crippen LogP) is 3.60. The van der Waals surface area contributed by atoms with Crippen molar-refractivity contribution in [3.8, 4) is 17.5 Å². The molecule has 0 aliphatic rings. The van der Waals surface area contributed by atoms with Crippen molar-refractivity contribution in [3.63, 3.8) is 0 Å². The molecule has 2 rings (SSSR count). The molecule has 132 valence electrons. The van der Waals surface area contributed by atoms with Crippen molar-refractivity contribution in [3.05, 3.63) is 35.7 Å². The van der Waals surface area contributed by atoms with Crippen LogP contribution in [-0.2, 0) is 11.2 Å². The van der Waals surface area contributed by atoms with Gasteiger partial charge in [0, 0.05) is 18.4 Å². The van der Waals surface area contributed by atoms with Crippen LogP contribution in [0.2, 0.25) is 0 Å². The first-order valence-electron chi connectivity index (χ1n) is 8.65. The standard InChI is InChI=1S/C19H24N4O2/c1-4-5-16(12-20)21-17(24)10-11-18-22-19(23-25-18)15-8-6-14(7-9-15)13(2)3/h6-9,13,16H,4-5,10-11H2,1-3H3,(H,21,24). The summed E-state index contributed by atoms with van der Waals surface area (Å²) in [5, 5.41) is 15.6. The first-order chi connectivity index (χ1) is 12.0. The third-order valence-electron chi connectivity index (χ3n) is 3.94. The first-order valence-corrected chi connectivity index (χ1v) is 8.65. The second-order valence-corrected chi connectivity index (χ2v) is 6.33. The second kappa shape index (κ2) is 8.97. The molecule has 1 heterocycles. The topological polar surface area (TPSA) is 91.8 Å². The van der Waals surface area contributed by atoms with Crippen molar-refractivity contribution in [1.29, 1.82) is 5.26 Å². The number of benzene rings is 1. The highest BCUT2D eigenvalue weighted by Gasteiger charge is 2.13. The van der Waals surface area contributed by atoms with Crippen LogP contribution in [-0.4, -0.2) is 22.1 Å². The van der Waals surface area contributed by atoms with E-state index >= 15 is 0 Å². The number of hydrogen-bond donors (Lipinski definition) is 1. The van der Waals surface area contributed by atoms with Crippen molar-refractivity contribution < 1.29 is 9.32 Å². The van der Waals surface area contributed by atoms with Gasteiger partial charge in [0.25, 0.3) is 0 Å². The molecule has 1 amide bonds. The summed E-state index contributed by atoms with van der Waals surface area (Å²) >= 11 is 0. The zero-order valence-electron chi connectivity index (χ0n) is 15.0. The Morgan fingerprint density at radius 1 is 1.32 bits per heavy atom. The van der Waals surface area contributed by atoms with Gasteiger partial charge in [0.2, 0.25) is 17.6 Å². The minimum atomic E-state index is -0.435. The molecule has 1 aromatic heterocycles. The normalized spacial score (nSPS) is 12.0. The van der Waals surface area contributed by atoms with E-state index in [1.807, 2.05) is 19.1 Å². The summed E-state index contributed by atoms with van der Waals surface area (Å²) in [6, 6.07) is 9.70. The average molecular weight is 340 g/mol. The maximum Gasteiger partial charge on any atom is 0.227 e. The van der Waals surface area contributed by atoms with Crippen molar-refractivity contribution in [2.24, 2.45) is 0 Å². The highest BCUT2D eigenvalue weighted by atomic mass is 16.5. The Morgan fingerprint density at radius 3 is 2.64 bits per heavy atom. The SMILES string of the molecule is CCCC(C#N)NC(=O)CCc1nc(-c2ccc(C(C)C)cc2)no1. The van der Waals surface area contributed by atoms with E-state index in [1.54, 1.807) is 0 Å². The fourth-order valence-corrected chi connectivity index (χ4v) is 2.44. The number of carbonyl (C=O) groups is 1. The molecule has 0 fully saturated rings. The first kappa shape index (κ1) is 18.7. The van der Waals surface area contributed by atoms with Crippen LogP contribution in [0, 0.1) is 11.3 Å². The van der Waals surface area contributed by atoms with Crippen LogP contribution in [0.5, 0.6) is 0 Å². The van der Waals surface area contributed by atoms with Gasteiger partial charge in [0.05, 0.1) is 6.07 Å². The number of nitrogens with one attached hydrogen (secondary N) is 1. The summed E-state index contributed by atoms with van der Waals surface area (Å²) < 4.78 is 5.22. The Morgan fingerprint density at radius 2 is 2.04 bits per heavy atom. The van der Waals surface area contributed by atoms with Crippen LogP contribution in [0.3, 0.4) is 0 Å². The van der Waals surface area contributed by atoms with Gasteiger partial charge in [-0.1, -0.05) is 56.6 Å². The molecule has 0 saturated carbocycles. The summed E-state index contributed by atoms with van der Waals surface area (Å²) in [5.74, 6) is 1.23. The molecule has 0 spiro atoms. The summed E-state index contributed by atoms with van der Waals surface area (Å²) in [7, 11) is 0. The number of nitriles is 1. The Labute approximate surface area is 148 Å². The zero-order valence-corrected chi connectivity index (χ0v) is 15.0. The monoisotopic (exact) mass is 340 g/mol. The number of aromatic nitrogens is 2. The van der Waals surface area contributed by atoms with Crippen LogP contribution in [0.4, 0.5) is 0 Å². The molecule has 0 bridgehead atoms. The number of rotatable bonds is 8. The Balaban J connectivity index is 1.91. The maximum absolute atomic E-state index is 11.9. The lowest BCUT2D eigenvalue weighted by Crippen LogP contribution is -2.33. The summed E-state index contributed by atoms with van der Waals surface area (Å²) in [4.78, 5) is 16.2. The third kappa shape index (κ3) is 5.42. The Bertz CT molecular complexity index is 729. The molecule has 0 saturated heterocycles. The van der Waals surface area contributed by atoms with Crippen LogP contribution in [0.1, 0.15) is 57.4 Å². The van der Waals surface area contributed by atoms with E-state index in [0.717, 1.165) is 12.0 Å². The lowest BCUT2D eigenvalue weighted by atomic mass is 10.0. The molecular weight excluding hydrogens is 316 g/mol. The Hall–Kier alpha value is -2.68. The molecule has 1 unspecified atom stereocenters. The van der Waals surface area contributed by atoms with E-state index in [0.29, 0.717) is 30.5 Å². The van der Waals surface area contributed by atoms with E-state index in [4.69, 9.17) is 9.78 Å². The second-order valence-electron chi connectivity index (χ2n) is 6.33. The van der Waals surface area contributed by atoms with Crippen molar-refractivity contribution in [1.82, 2.24) is 15.5 Å². The molecule has 0 aliphatic carbocycles. The number of nitrogens with zero attached hydrogens (tertiary/aromatic N) is 3. The minimum absolute atomic E-state index is 0.180. The van der Waals surface area contributed by atoms with Crippen molar-refractivity contribution >= 4 is 5.91 Å². The average Bonchev–Trinajstić information content (AvgIpc) is 3.08. The molecular formula is C19H24N4O2. The van der Waals surface area contributed by atoms with Gasteiger partial charge < -0.3 is 9.84 Å². The van der Waals surface area contributed by atoms with Gasteiger partial charge in [-0.2, -0.15) is 10.2 Å². The molecule has 2 aromatic rings. The summed E-state index contributed by atoms with van der Waals surface area (Å²) in [6.45, 7) is 6.26. The zero-order chi connectivity index (χ0) is 18.2. The molecule has 25 heavy (non-hydrogen) atoms. The molecule has 1 N–H and O–H groups in total. The van der Waals surface area contributed by atoms with Gasteiger partial charge in [0.1, 0.15) is 6.04 Å². The van der Waals surface area contributed by atoms with Gasteiger partial charge in [0.15, 0.2) is 0 Å². The van der Waals surface area contributed by atoms with E-state index in [1.165, 1.54) is 5.56 Å². The minimum Gasteiger partial charge on any atom is -0.340 e. The van der Waals surface area contributed by atoms with Gasteiger partial charge in [-0.15, -0.1) is 0 Å². The van der Waals surface area contributed by atoms with Crippen molar-refractivity contribution in [2.45, 2.75) is 58.4 Å². The lowest BCUT2D eigenvalue weighted by molar-refractivity contribution is -0.121. The van der Waals surface area contributed by atoms with E-state index < -0.39 is 6.04 Å². The fraction of sp³-hybridized carbons (Fsp3) is 0.474. The summed E-state index contributed by atoms with van der Waals surface area (Å²) in [5.41, 5.74) is 2.14. The number of amides is 1. The van der Waals surface area contributed by atoms with Gasteiger partial charge in [-0.05, 0) is 17.9 Å². The molecule has 0 aliphatic heterocycles. The maximum atomic E-state index is 11.9. The molecule has 1 aromatic carbocycles. The molecule has 6 nitrogen and oxygen atoms in total. The van der Waals surface area contributed by atoms with Gasteiger partial charge >= 0.3 is 0 Å². The van der Waals surface area contributed by atoms with Crippen LogP contribution in [0.25, 0.3) is 11.4 Å². The number of carbonyl (C=O) groups excluding carboxylic acids is 1. The highest BCUT2D eigenvalue weighted by molar-refractivity contribution is 5.76. The van der Waals surface area contributed by atoms with E-state index in [9.17, 15) is 4.79 Å². The highest BCUT2D eigenvalue weighted by Crippen LogP contribution is 2.20. The quantitative estimate of drug-likeness (QED) is 0.792. The number of hydrogen-bond acceptors (Lipinski definition) is 5. The third-order valence-corrected chi connectivity index (χ3v) is 3.94. The van der Waals surface area contributed by atoms with Crippen LogP contribution < -0.4 is 5.32 Å². The Kier molecular flexibility index (Phi) is 6.70. The molecule has 6 heteroatoms. The van der Waals surface area contributed by atoms with Gasteiger partial charge in [-0.25, -0.2) is 0 Å². The smallest absolute Gasteiger partial charge is 0.227 e. The largest absolute Gasteiger partial charge is 0.340 e. The van der Waals surface area contributed by atoms with Crippen LogP contribution >= 0.6 is 0 Å². The predicted molar refractivity (Wildman–Crippen MR) is 94.6 cm³/mol. The van der Waals surface area contributed by atoms with Gasteiger partial charge in [-0.3, -0.25) is 4.79 Å². The molecule has 0 radical (unpaired) electrons. The molecule has 1 atom stereocenters. The summed E-state index contributed by atoms with van der Waals surface area (Å²) in [6.07, 6.45) is 2.07. The lowest BCUT2D eigenvalue weighted by Gasteiger charge is -2.09.